The molecule has 1 atom stereocenters. The lowest BCUT2D eigenvalue weighted by atomic mass is 10.0. The van der Waals surface area contributed by atoms with Gasteiger partial charge in [-0.2, -0.15) is 0 Å². The zero-order chi connectivity index (χ0) is 18.3. The first-order chi connectivity index (χ1) is 11.4. The van der Waals surface area contributed by atoms with Crippen molar-refractivity contribution >= 4 is 17.7 Å². The van der Waals surface area contributed by atoms with Crippen molar-refractivity contribution in [3.8, 4) is 17.2 Å². The minimum Gasteiger partial charge on any atom is -0.493 e. The van der Waals surface area contributed by atoms with Gasteiger partial charge < -0.3 is 23.7 Å². The Morgan fingerprint density at radius 1 is 0.958 bits per heavy atom. The second kappa shape index (κ2) is 8.76. The van der Waals surface area contributed by atoms with E-state index in [1.54, 1.807) is 0 Å². The van der Waals surface area contributed by atoms with Gasteiger partial charge in [-0.3, -0.25) is 14.4 Å². The Labute approximate surface area is 139 Å². The van der Waals surface area contributed by atoms with E-state index in [0.717, 1.165) is 14.0 Å². The lowest BCUT2D eigenvalue weighted by molar-refractivity contribution is -0.156. The van der Waals surface area contributed by atoms with Crippen molar-refractivity contribution in [2.24, 2.45) is 0 Å². The van der Waals surface area contributed by atoms with Crippen LogP contribution in [0.3, 0.4) is 0 Å². The van der Waals surface area contributed by atoms with Crippen LogP contribution >= 0.6 is 0 Å². The smallest absolute Gasteiger partial charge is 0.313 e. The number of rotatable bonds is 8. The van der Waals surface area contributed by atoms with E-state index in [9.17, 15) is 14.4 Å². The quantitative estimate of drug-likeness (QED) is 0.518. The molecule has 132 valence electrons. The summed E-state index contributed by atoms with van der Waals surface area (Å²) in [6, 6.07) is 2.95. The fraction of sp³-hybridized carbons (Fsp3) is 0.438. The van der Waals surface area contributed by atoms with E-state index < -0.39 is 30.2 Å². The van der Waals surface area contributed by atoms with E-state index in [4.69, 9.17) is 18.9 Å². The SMILES string of the molecule is COC(=O)CC(=O)C(OC(C)=O)c1cc(OC)c(OC)c(OC)c1. The molecule has 1 aromatic carbocycles. The van der Waals surface area contributed by atoms with Crippen molar-refractivity contribution in [1.29, 1.82) is 0 Å². The molecule has 8 heteroatoms. The van der Waals surface area contributed by atoms with Crippen LogP contribution in [0.5, 0.6) is 17.2 Å². The maximum Gasteiger partial charge on any atom is 0.313 e. The van der Waals surface area contributed by atoms with Crippen molar-refractivity contribution < 1.29 is 38.1 Å². The molecule has 0 aromatic heterocycles. The topological polar surface area (TPSA) is 97.4 Å². The summed E-state index contributed by atoms with van der Waals surface area (Å²) in [5.41, 5.74) is 0.286. The normalized spacial score (nSPS) is 11.2. The number of esters is 2. The van der Waals surface area contributed by atoms with Crippen molar-refractivity contribution in [2.45, 2.75) is 19.4 Å². The fourth-order valence-electron chi connectivity index (χ4n) is 2.05. The first-order valence-corrected chi connectivity index (χ1v) is 6.94. The Morgan fingerprint density at radius 3 is 1.88 bits per heavy atom. The Balaban J connectivity index is 3.34. The zero-order valence-electron chi connectivity index (χ0n) is 14.2. The molecule has 0 bridgehead atoms. The van der Waals surface area contributed by atoms with Gasteiger partial charge in [-0.25, -0.2) is 0 Å². The molecule has 0 spiro atoms. The van der Waals surface area contributed by atoms with Gasteiger partial charge in [0, 0.05) is 12.5 Å². The molecule has 0 amide bonds. The summed E-state index contributed by atoms with van der Waals surface area (Å²) in [4.78, 5) is 35.0. The second-order valence-corrected chi connectivity index (χ2v) is 4.67. The third-order valence-corrected chi connectivity index (χ3v) is 3.11. The van der Waals surface area contributed by atoms with Crippen molar-refractivity contribution in [1.82, 2.24) is 0 Å². The van der Waals surface area contributed by atoms with Crippen LogP contribution in [0, 0.1) is 0 Å². The highest BCUT2D eigenvalue weighted by atomic mass is 16.6. The average molecular weight is 340 g/mol. The molecule has 1 unspecified atom stereocenters. The minimum atomic E-state index is -1.30. The number of methoxy groups -OCH3 is 4. The van der Waals surface area contributed by atoms with Crippen molar-refractivity contribution in [3.63, 3.8) is 0 Å². The molecule has 0 saturated heterocycles. The zero-order valence-corrected chi connectivity index (χ0v) is 14.2. The Kier molecular flexibility index (Phi) is 7.03. The maximum absolute atomic E-state index is 12.3. The van der Waals surface area contributed by atoms with Crippen LogP contribution in [-0.2, 0) is 23.9 Å². The van der Waals surface area contributed by atoms with E-state index in [0.29, 0.717) is 5.75 Å². The molecule has 0 aliphatic rings. The Bertz CT molecular complexity index is 597. The van der Waals surface area contributed by atoms with Gasteiger partial charge in [0.25, 0.3) is 0 Å². The molecule has 8 nitrogen and oxygen atoms in total. The second-order valence-electron chi connectivity index (χ2n) is 4.67. The van der Waals surface area contributed by atoms with E-state index in [1.807, 2.05) is 0 Å². The van der Waals surface area contributed by atoms with Gasteiger partial charge in [-0.1, -0.05) is 0 Å². The van der Waals surface area contributed by atoms with Crippen LogP contribution in [0.4, 0.5) is 0 Å². The number of hydrogen-bond acceptors (Lipinski definition) is 8. The standard InChI is InChI=1S/C16H20O8/c1-9(17)24-15(11(18)8-14(19)22-4)10-6-12(20-2)16(23-5)13(7-10)21-3/h6-7,15H,8H2,1-5H3. The summed E-state index contributed by atoms with van der Waals surface area (Å²) >= 11 is 0. The molecule has 1 aromatic rings. The Hall–Kier alpha value is -2.77. The van der Waals surface area contributed by atoms with Crippen molar-refractivity contribution in [2.75, 3.05) is 28.4 Å². The molecule has 0 N–H and O–H groups in total. The minimum absolute atomic E-state index is 0.286. The van der Waals surface area contributed by atoms with Gasteiger partial charge in [0.1, 0.15) is 6.42 Å². The van der Waals surface area contributed by atoms with E-state index in [1.165, 1.54) is 33.5 Å². The summed E-state index contributed by atoms with van der Waals surface area (Å²) in [6.07, 6.45) is -1.83. The highest BCUT2D eigenvalue weighted by Gasteiger charge is 2.28. The molecule has 0 heterocycles. The molecule has 0 radical (unpaired) electrons. The third kappa shape index (κ3) is 4.61. The summed E-state index contributed by atoms with van der Waals surface area (Å²) in [6.45, 7) is 1.16. The van der Waals surface area contributed by atoms with Gasteiger partial charge in [0.2, 0.25) is 5.75 Å². The third-order valence-electron chi connectivity index (χ3n) is 3.11. The molecular formula is C16H20O8. The maximum atomic E-state index is 12.3. The molecular weight excluding hydrogens is 320 g/mol. The van der Waals surface area contributed by atoms with Crippen LogP contribution in [-0.4, -0.2) is 46.2 Å². The molecule has 24 heavy (non-hydrogen) atoms. The van der Waals surface area contributed by atoms with Crippen LogP contribution in [0.15, 0.2) is 12.1 Å². The fourth-order valence-corrected chi connectivity index (χ4v) is 2.05. The predicted molar refractivity (Wildman–Crippen MR) is 82.2 cm³/mol. The van der Waals surface area contributed by atoms with Gasteiger partial charge in [0.05, 0.1) is 28.4 Å². The summed E-state index contributed by atoms with van der Waals surface area (Å²) < 4.78 is 25.2. The van der Waals surface area contributed by atoms with E-state index >= 15 is 0 Å². The Morgan fingerprint density at radius 2 is 1.50 bits per heavy atom. The van der Waals surface area contributed by atoms with Gasteiger partial charge in [-0.15, -0.1) is 0 Å². The molecule has 0 saturated carbocycles. The first-order valence-electron chi connectivity index (χ1n) is 6.94. The van der Waals surface area contributed by atoms with E-state index in [-0.39, 0.29) is 17.1 Å². The number of hydrogen-bond donors (Lipinski definition) is 0. The first kappa shape index (κ1) is 19.3. The van der Waals surface area contributed by atoms with Gasteiger partial charge in [0.15, 0.2) is 23.4 Å². The largest absolute Gasteiger partial charge is 0.493 e. The lowest BCUT2D eigenvalue weighted by Crippen LogP contribution is -2.22. The molecule has 0 aliphatic heterocycles. The number of ketones is 1. The summed E-state index contributed by atoms with van der Waals surface area (Å²) in [7, 11) is 5.43. The highest BCUT2D eigenvalue weighted by molar-refractivity contribution is 5.99. The highest BCUT2D eigenvalue weighted by Crippen LogP contribution is 2.40. The summed E-state index contributed by atoms with van der Waals surface area (Å²) in [5, 5.41) is 0. The predicted octanol–water partition coefficient (Wildman–Crippen LogP) is 1.45. The average Bonchev–Trinajstić information content (AvgIpc) is 2.57. The number of Topliss-reactive ketones (excluding diaryl/α,β-unsaturated/α-hetero) is 1. The molecule has 0 fully saturated rings. The van der Waals surface area contributed by atoms with Crippen LogP contribution in [0.25, 0.3) is 0 Å². The van der Waals surface area contributed by atoms with Crippen molar-refractivity contribution in [3.05, 3.63) is 17.7 Å². The number of carbonyl (C=O) groups is 3. The number of ether oxygens (including phenoxy) is 5. The monoisotopic (exact) mass is 340 g/mol. The lowest BCUT2D eigenvalue weighted by Gasteiger charge is -2.19. The van der Waals surface area contributed by atoms with Crippen LogP contribution in [0.2, 0.25) is 0 Å². The molecule has 0 aliphatic carbocycles. The number of benzene rings is 1. The van der Waals surface area contributed by atoms with Crippen LogP contribution in [0.1, 0.15) is 25.0 Å². The van der Waals surface area contributed by atoms with Crippen LogP contribution < -0.4 is 14.2 Å². The van der Waals surface area contributed by atoms with Gasteiger partial charge >= 0.3 is 11.9 Å². The molecule has 1 rings (SSSR count). The number of carbonyl (C=O) groups excluding carboxylic acids is 3. The van der Waals surface area contributed by atoms with Gasteiger partial charge in [-0.05, 0) is 12.1 Å². The summed E-state index contributed by atoms with van der Waals surface area (Å²) in [5.74, 6) is -1.14. The van der Waals surface area contributed by atoms with E-state index in [2.05, 4.69) is 4.74 Å².